The number of aromatic nitrogens is 1. The molecule has 0 radical (unpaired) electrons. The lowest BCUT2D eigenvalue weighted by atomic mass is 9.69. The molecule has 2 bridgehead atoms. The Morgan fingerprint density at radius 1 is 1.50 bits per heavy atom. The Labute approximate surface area is 117 Å². The molecule has 3 atom stereocenters. The zero-order valence-electron chi connectivity index (χ0n) is 10.9. The quantitative estimate of drug-likeness (QED) is 0.702. The van der Waals surface area contributed by atoms with Crippen LogP contribution >= 0.6 is 22.9 Å². The van der Waals surface area contributed by atoms with E-state index in [-0.39, 0.29) is 11.7 Å². The lowest BCUT2D eigenvalue weighted by Gasteiger charge is -2.49. The molecule has 0 aromatic carbocycles. The molecule has 0 saturated carbocycles. The molecule has 1 aliphatic carbocycles. The van der Waals surface area contributed by atoms with E-state index in [0.29, 0.717) is 16.3 Å². The maximum Gasteiger partial charge on any atom is 0.183 e. The number of nitrogens with zero attached hydrogens (tertiary/aromatic N) is 1. The number of rotatable bonds is 1. The molecule has 1 aliphatic heterocycles. The van der Waals surface area contributed by atoms with Crippen molar-refractivity contribution in [3.8, 4) is 0 Å². The van der Waals surface area contributed by atoms with Crippen LogP contribution in [-0.2, 0) is 4.74 Å². The molecule has 0 N–H and O–H groups in total. The topological polar surface area (TPSA) is 22.1 Å². The summed E-state index contributed by atoms with van der Waals surface area (Å²) >= 11 is 7.50. The number of thiazole rings is 1. The summed E-state index contributed by atoms with van der Waals surface area (Å²) in [5.41, 5.74) is 1.39. The number of allylic oxidation sites excluding steroid dienone is 1. The Balaban J connectivity index is 1.98. The maximum absolute atomic E-state index is 6.38. The first-order valence-electron chi connectivity index (χ1n) is 6.43. The molecule has 0 amide bonds. The highest BCUT2D eigenvalue weighted by Gasteiger charge is 2.45. The number of halogens is 1. The van der Waals surface area contributed by atoms with Gasteiger partial charge < -0.3 is 4.74 Å². The minimum absolute atomic E-state index is 0.0607. The fourth-order valence-electron chi connectivity index (χ4n) is 3.16. The number of ether oxygens (including phenoxy) is 1. The molecular weight excluding hydrogens is 266 g/mol. The lowest BCUT2D eigenvalue weighted by Crippen LogP contribution is -2.45. The van der Waals surface area contributed by atoms with Gasteiger partial charge in [0.15, 0.2) is 4.47 Å². The summed E-state index contributed by atoms with van der Waals surface area (Å²) in [7, 11) is 0. The van der Waals surface area contributed by atoms with E-state index < -0.39 is 0 Å². The van der Waals surface area contributed by atoms with Crippen LogP contribution in [-0.4, -0.2) is 10.6 Å². The Morgan fingerprint density at radius 2 is 2.28 bits per heavy atom. The molecule has 2 aliphatic rings. The molecule has 18 heavy (non-hydrogen) atoms. The number of hydrogen-bond acceptors (Lipinski definition) is 3. The molecule has 1 saturated heterocycles. The molecule has 2 heterocycles. The summed E-state index contributed by atoms with van der Waals surface area (Å²) in [4.78, 5) is 5.31. The van der Waals surface area contributed by atoms with Gasteiger partial charge in [0.1, 0.15) is 6.10 Å². The van der Waals surface area contributed by atoms with Gasteiger partial charge in [0.25, 0.3) is 0 Å². The zero-order chi connectivity index (χ0) is 12.9. The van der Waals surface area contributed by atoms with Crippen LogP contribution < -0.4 is 0 Å². The molecular formula is C14H18ClNOS. The van der Waals surface area contributed by atoms with Gasteiger partial charge in [0, 0.05) is 12.1 Å². The molecule has 3 rings (SSSR count). The van der Waals surface area contributed by atoms with E-state index in [1.165, 1.54) is 12.0 Å². The van der Waals surface area contributed by atoms with E-state index in [9.17, 15) is 0 Å². The van der Waals surface area contributed by atoms with Crippen molar-refractivity contribution < 1.29 is 4.74 Å². The van der Waals surface area contributed by atoms with Crippen molar-refractivity contribution in [3.63, 3.8) is 0 Å². The highest BCUT2D eigenvalue weighted by atomic mass is 35.5. The first-order valence-corrected chi connectivity index (χ1v) is 7.62. The van der Waals surface area contributed by atoms with Gasteiger partial charge in [-0.1, -0.05) is 23.3 Å². The van der Waals surface area contributed by atoms with Gasteiger partial charge in [-0.2, -0.15) is 0 Å². The molecule has 1 fully saturated rings. The Morgan fingerprint density at radius 3 is 2.94 bits per heavy atom. The number of hydrogen-bond donors (Lipinski definition) is 0. The molecule has 98 valence electrons. The van der Waals surface area contributed by atoms with E-state index in [2.05, 4.69) is 31.8 Å². The van der Waals surface area contributed by atoms with Gasteiger partial charge in [0.05, 0.1) is 10.5 Å². The predicted molar refractivity (Wildman–Crippen MR) is 75.0 cm³/mol. The fourth-order valence-corrected chi connectivity index (χ4v) is 4.21. The minimum atomic E-state index is -0.0607. The minimum Gasteiger partial charge on any atom is -0.366 e. The van der Waals surface area contributed by atoms with Crippen molar-refractivity contribution in [1.82, 2.24) is 4.98 Å². The predicted octanol–water partition coefficient (Wildman–Crippen LogP) is 4.62. The highest BCUT2D eigenvalue weighted by molar-refractivity contribution is 7.15. The van der Waals surface area contributed by atoms with Crippen molar-refractivity contribution >= 4 is 22.9 Å². The molecule has 1 aromatic heterocycles. The largest absolute Gasteiger partial charge is 0.366 e. The zero-order valence-corrected chi connectivity index (χ0v) is 12.5. The van der Waals surface area contributed by atoms with Crippen LogP contribution in [0, 0.1) is 11.8 Å². The maximum atomic E-state index is 6.38. The van der Waals surface area contributed by atoms with Crippen LogP contribution in [0.1, 0.15) is 44.6 Å². The lowest BCUT2D eigenvalue weighted by molar-refractivity contribution is -0.165. The second-order valence-corrected chi connectivity index (χ2v) is 7.52. The van der Waals surface area contributed by atoms with E-state index >= 15 is 0 Å². The van der Waals surface area contributed by atoms with Gasteiger partial charge in [-0.25, -0.2) is 4.98 Å². The van der Waals surface area contributed by atoms with E-state index in [4.69, 9.17) is 16.3 Å². The average Bonchev–Trinajstić information content (AvgIpc) is 2.73. The molecule has 0 spiro atoms. The number of fused-ring (bicyclic) bond motifs is 2. The third-order valence-corrected chi connectivity index (χ3v) is 5.58. The van der Waals surface area contributed by atoms with Gasteiger partial charge in [-0.3, -0.25) is 0 Å². The van der Waals surface area contributed by atoms with Crippen molar-refractivity contribution in [2.24, 2.45) is 11.8 Å². The average molecular weight is 284 g/mol. The summed E-state index contributed by atoms with van der Waals surface area (Å²) in [6.07, 6.45) is 6.74. The van der Waals surface area contributed by atoms with Crippen LogP contribution in [0.15, 0.2) is 17.8 Å². The van der Waals surface area contributed by atoms with Crippen LogP contribution in [0.25, 0.3) is 0 Å². The summed E-state index contributed by atoms with van der Waals surface area (Å²) < 4.78 is 6.98. The van der Waals surface area contributed by atoms with Gasteiger partial charge in [-0.15, -0.1) is 11.3 Å². The first kappa shape index (κ1) is 12.6. The Hall–Kier alpha value is -0.380. The third kappa shape index (κ3) is 2.02. The van der Waals surface area contributed by atoms with Crippen molar-refractivity contribution in [2.45, 2.75) is 45.3 Å². The summed E-state index contributed by atoms with van der Waals surface area (Å²) in [5, 5.41) is 0. The smallest absolute Gasteiger partial charge is 0.183 e. The van der Waals surface area contributed by atoms with Crippen LogP contribution in [0.4, 0.5) is 0 Å². The summed E-state index contributed by atoms with van der Waals surface area (Å²) in [6, 6.07) is 0. The second-order valence-electron chi connectivity index (χ2n) is 5.88. The molecule has 3 unspecified atom stereocenters. The molecule has 1 aromatic rings. The van der Waals surface area contributed by atoms with Crippen LogP contribution in [0.5, 0.6) is 0 Å². The summed E-state index contributed by atoms with van der Waals surface area (Å²) in [5.74, 6) is 1.12. The van der Waals surface area contributed by atoms with Gasteiger partial charge in [0.2, 0.25) is 0 Å². The fraction of sp³-hybridized carbons (Fsp3) is 0.643. The van der Waals surface area contributed by atoms with E-state index in [1.807, 2.05) is 6.20 Å². The van der Waals surface area contributed by atoms with Gasteiger partial charge in [-0.05, 0) is 39.5 Å². The third-order valence-electron chi connectivity index (χ3n) is 4.40. The Kier molecular flexibility index (Phi) is 3.04. The SMILES string of the molecule is CC1=CCC2CC1C(c1cnc(Cl)s1)OC2(C)C. The van der Waals surface area contributed by atoms with Crippen molar-refractivity contribution in [3.05, 3.63) is 27.2 Å². The normalized spacial score (nSPS) is 34.2. The first-order chi connectivity index (χ1) is 8.47. The van der Waals surface area contributed by atoms with Crippen molar-refractivity contribution in [2.75, 3.05) is 0 Å². The highest BCUT2D eigenvalue weighted by Crippen LogP contribution is 2.51. The van der Waals surface area contributed by atoms with Crippen LogP contribution in [0.3, 0.4) is 0 Å². The second kappa shape index (κ2) is 4.32. The Bertz CT molecular complexity index is 494. The standard InChI is InChI=1S/C14H18ClNOS/c1-8-4-5-9-6-10(8)12(17-14(9,2)3)11-7-16-13(15)18-11/h4,7,9-10,12H,5-6H2,1-3H3. The molecule has 2 nitrogen and oxygen atoms in total. The van der Waals surface area contributed by atoms with Crippen molar-refractivity contribution in [1.29, 1.82) is 0 Å². The molecule has 4 heteroatoms. The van der Waals surface area contributed by atoms with E-state index in [1.54, 1.807) is 11.3 Å². The van der Waals surface area contributed by atoms with E-state index in [0.717, 1.165) is 11.3 Å². The summed E-state index contributed by atoms with van der Waals surface area (Å²) in [6.45, 7) is 6.63. The monoisotopic (exact) mass is 283 g/mol. The van der Waals surface area contributed by atoms with Crippen LogP contribution in [0.2, 0.25) is 4.47 Å². The van der Waals surface area contributed by atoms with Gasteiger partial charge >= 0.3 is 0 Å².